The summed E-state index contributed by atoms with van der Waals surface area (Å²) >= 11 is 0. The maximum Gasteiger partial charge on any atom is 0 e. The van der Waals surface area contributed by atoms with Gasteiger partial charge in [0.05, 0.1) is 0 Å². The Morgan fingerprint density at radius 1 is 1.33 bits per heavy atom. The second kappa shape index (κ2) is 4.43. The Morgan fingerprint density at radius 2 is 1.92 bits per heavy atom. The molecule has 65 valence electrons. The van der Waals surface area contributed by atoms with Gasteiger partial charge in [-0.1, -0.05) is 26.5 Å². The Balaban J connectivity index is 0.00000121. The van der Waals surface area contributed by atoms with Gasteiger partial charge in [-0.25, -0.2) is 0 Å². The van der Waals surface area contributed by atoms with E-state index in [1.54, 1.807) is 0 Å². The van der Waals surface area contributed by atoms with Crippen LogP contribution in [0.1, 0.15) is 27.7 Å². The van der Waals surface area contributed by atoms with Crippen molar-refractivity contribution < 1.29 is 32.7 Å². The van der Waals surface area contributed by atoms with Crippen LogP contribution in [-0.2, 0) is 32.7 Å². The first kappa shape index (κ1) is 12.2. The van der Waals surface area contributed by atoms with Gasteiger partial charge < -0.3 is 10.6 Å². The smallest absolute Gasteiger partial charge is 0 e. The van der Waals surface area contributed by atoms with Crippen LogP contribution < -0.4 is 10.6 Å². The van der Waals surface area contributed by atoms with E-state index in [0.29, 0.717) is 0 Å². The number of hydrogen-bond acceptors (Lipinski definition) is 2. The van der Waals surface area contributed by atoms with Gasteiger partial charge in [0.15, 0.2) is 0 Å². The summed E-state index contributed by atoms with van der Waals surface area (Å²) in [7, 11) is 0. The monoisotopic (exact) mass is 240 g/mol. The molecule has 1 rings (SSSR count). The molecule has 0 saturated heterocycles. The van der Waals surface area contributed by atoms with E-state index in [2.05, 4.69) is 37.6 Å². The molecule has 0 spiro atoms. The fraction of sp³-hybridized carbons (Fsp3) is 0.556. The maximum atomic E-state index is 3.26. The topological polar surface area (TPSA) is 24.1 Å². The van der Waals surface area contributed by atoms with Gasteiger partial charge in [0, 0.05) is 32.7 Å². The van der Waals surface area contributed by atoms with Crippen molar-refractivity contribution in [1.82, 2.24) is 10.6 Å². The van der Waals surface area contributed by atoms with E-state index >= 15 is 0 Å². The molecule has 0 unspecified atom stereocenters. The zero-order valence-corrected chi connectivity index (χ0v) is 11.0. The Hall–Kier alpha value is 0.184. The third-order valence-corrected chi connectivity index (χ3v) is 1.61. The Morgan fingerprint density at radius 3 is 2.25 bits per heavy atom. The zero-order chi connectivity index (χ0) is 8.48. The van der Waals surface area contributed by atoms with E-state index in [4.69, 9.17) is 0 Å². The summed E-state index contributed by atoms with van der Waals surface area (Å²) in [5, 5.41) is 6.24. The first-order valence-electron chi connectivity index (χ1n) is 3.83. The van der Waals surface area contributed by atoms with Crippen molar-refractivity contribution in [3.05, 3.63) is 23.8 Å². The van der Waals surface area contributed by atoms with Crippen LogP contribution in [0.4, 0.5) is 0 Å². The minimum absolute atomic E-state index is 0. The third kappa shape index (κ3) is 3.28. The Labute approximate surface area is 99.8 Å². The summed E-state index contributed by atoms with van der Waals surface area (Å²) in [5.74, 6) is 0. The standard InChI is InChI=1S/C9H15N2.Y/c1-7-5-10-6-8(11-7)9(2,3)4;/h6,10-11H,1-4H3;/q-1;. The molecule has 3 heteroatoms. The first-order valence-corrected chi connectivity index (χ1v) is 3.83. The second-order valence-corrected chi connectivity index (χ2v) is 3.83. The summed E-state index contributed by atoms with van der Waals surface area (Å²) in [6, 6.07) is 0. The first-order chi connectivity index (χ1) is 5.00. The molecule has 0 fully saturated rings. The normalized spacial score (nSPS) is 16.3. The molecule has 0 aromatic carbocycles. The number of hydrogen-bond donors (Lipinski definition) is 2. The van der Waals surface area contributed by atoms with Gasteiger partial charge in [-0.3, -0.25) is 0 Å². The summed E-state index contributed by atoms with van der Waals surface area (Å²) in [6.45, 7) is 8.51. The summed E-state index contributed by atoms with van der Waals surface area (Å²) in [5.41, 5.74) is 2.42. The maximum absolute atomic E-state index is 3.26. The van der Waals surface area contributed by atoms with Crippen molar-refractivity contribution in [2.24, 2.45) is 5.41 Å². The predicted octanol–water partition coefficient (Wildman–Crippen LogP) is 1.73. The van der Waals surface area contributed by atoms with Crippen LogP contribution in [0, 0.1) is 11.6 Å². The fourth-order valence-corrected chi connectivity index (χ4v) is 0.890. The van der Waals surface area contributed by atoms with Crippen LogP contribution in [0.2, 0.25) is 0 Å². The molecular weight excluding hydrogens is 225 g/mol. The molecule has 0 aliphatic carbocycles. The molecular formula is C9H15N2Y-. The molecule has 1 aliphatic heterocycles. The molecule has 0 saturated carbocycles. The van der Waals surface area contributed by atoms with Crippen molar-refractivity contribution in [2.45, 2.75) is 27.7 Å². The molecule has 0 bridgehead atoms. The van der Waals surface area contributed by atoms with Crippen LogP contribution in [0.3, 0.4) is 0 Å². The minimum Gasteiger partial charge on any atom is -0.527 e. The predicted molar refractivity (Wildman–Crippen MR) is 46.2 cm³/mol. The van der Waals surface area contributed by atoms with Gasteiger partial charge in [0.1, 0.15) is 0 Å². The molecule has 2 N–H and O–H groups in total. The molecule has 12 heavy (non-hydrogen) atoms. The molecule has 0 aromatic heterocycles. The van der Waals surface area contributed by atoms with Crippen LogP contribution in [-0.4, -0.2) is 0 Å². The van der Waals surface area contributed by atoms with Gasteiger partial charge in [-0.15, -0.1) is 6.20 Å². The van der Waals surface area contributed by atoms with Crippen molar-refractivity contribution in [2.75, 3.05) is 0 Å². The van der Waals surface area contributed by atoms with Gasteiger partial charge in [0.2, 0.25) is 0 Å². The average molecular weight is 240 g/mol. The van der Waals surface area contributed by atoms with Crippen molar-refractivity contribution in [3.8, 4) is 0 Å². The van der Waals surface area contributed by atoms with E-state index in [-0.39, 0.29) is 38.1 Å². The van der Waals surface area contributed by atoms with Crippen molar-refractivity contribution in [3.63, 3.8) is 0 Å². The molecule has 2 nitrogen and oxygen atoms in total. The molecule has 0 atom stereocenters. The van der Waals surface area contributed by atoms with Crippen molar-refractivity contribution in [1.29, 1.82) is 0 Å². The molecule has 0 amide bonds. The number of allylic oxidation sites excluding steroid dienone is 2. The number of rotatable bonds is 0. The zero-order valence-electron chi connectivity index (χ0n) is 8.15. The van der Waals surface area contributed by atoms with E-state index < -0.39 is 0 Å². The summed E-state index contributed by atoms with van der Waals surface area (Å²) in [6.07, 6.45) is 4.91. The third-order valence-electron chi connectivity index (χ3n) is 1.61. The largest absolute Gasteiger partial charge is 0.527 e. The van der Waals surface area contributed by atoms with Gasteiger partial charge in [0.25, 0.3) is 0 Å². The van der Waals surface area contributed by atoms with Gasteiger partial charge in [-0.05, 0) is 18.0 Å². The number of nitrogens with one attached hydrogen (secondary N) is 2. The molecule has 1 heterocycles. The SMILES string of the molecule is CC1=[C-]NC=C(C(C)(C)C)N1.[Y]. The van der Waals surface area contributed by atoms with E-state index in [1.165, 1.54) is 5.70 Å². The minimum atomic E-state index is 0. The van der Waals surface area contributed by atoms with Gasteiger partial charge >= 0.3 is 0 Å². The van der Waals surface area contributed by atoms with Crippen LogP contribution in [0.5, 0.6) is 0 Å². The average Bonchev–Trinajstić information content (AvgIpc) is 1.86. The fourth-order valence-electron chi connectivity index (χ4n) is 0.890. The van der Waals surface area contributed by atoms with E-state index in [9.17, 15) is 0 Å². The van der Waals surface area contributed by atoms with E-state index in [1.807, 2.05) is 13.1 Å². The van der Waals surface area contributed by atoms with Crippen molar-refractivity contribution >= 4 is 0 Å². The van der Waals surface area contributed by atoms with E-state index in [0.717, 1.165) is 5.70 Å². The molecule has 1 aliphatic rings. The van der Waals surface area contributed by atoms with Crippen LogP contribution in [0.15, 0.2) is 17.6 Å². The van der Waals surface area contributed by atoms with Gasteiger partial charge in [-0.2, -0.15) is 6.20 Å². The Bertz CT molecular complexity index is 211. The Kier molecular flexibility index (Phi) is 4.50. The quantitative estimate of drug-likeness (QED) is 0.630. The summed E-state index contributed by atoms with van der Waals surface area (Å²) in [4.78, 5) is 0. The van der Waals surface area contributed by atoms with Crippen LogP contribution in [0.25, 0.3) is 0 Å². The summed E-state index contributed by atoms with van der Waals surface area (Å²) < 4.78 is 0. The van der Waals surface area contributed by atoms with Crippen LogP contribution >= 0.6 is 0 Å². The molecule has 0 aromatic rings. The second-order valence-electron chi connectivity index (χ2n) is 3.83. The molecule has 1 radical (unpaired) electrons.